The lowest BCUT2D eigenvalue weighted by atomic mass is 10.1. The minimum atomic E-state index is -0.307. The summed E-state index contributed by atoms with van der Waals surface area (Å²) in [7, 11) is 1.61. The van der Waals surface area contributed by atoms with Gasteiger partial charge in [0.25, 0.3) is 5.91 Å². The van der Waals surface area contributed by atoms with Gasteiger partial charge in [0.1, 0.15) is 17.2 Å². The van der Waals surface area contributed by atoms with E-state index in [2.05, 4.69) is 5.32 Å². The largest absolute Gasteiger partial charge is 0.497 e. The Bertz CT molecular complexity index is 1040. The summed E-state index contributed by atoms with van der Waals surface area (Å²) in [5, 5.41) is 3.19. The summed E-state index contributed by atoms with van der Waals surface area (Å²) in [6.45, 7) is 4.80. The van der Waals surface area contributed by atoms with Crippen LogP contribution in [0.4, 0.5) is 5.69 Å². The quantitative estimate of drug-likeness (QED) is 0.374. The fourth-order valence-corrected chi connectivity index (χ4v) is 3.16. The molecule has 0 aliphatic rings. The highest BCUT2D eigenvalue weighted by atomic mass is 35.5. The van der Waals surface area contributed by atoms with Crippen molar-refractivity contribution in [2.45, 2.75) is 20.3 Å². The number of nitrogens with one attached hydrogen (secondary N) is 1. The average Bonchev–Trinajstić information content (AvgIpc) is 2.80. The third kappa shape index (κ3) is 6.08. The standard InChI is InChI=1S/C25H26ClNO5/c1-4-14-31-24-22(26)15-17(16-23(24)30-5-2)25(28)27-18-6-8-20(9-7-18)32-21-12-10-19(29-3)11-13-21/h6-13,15-16H,4-5,14H2,1-3H3,(H,27,28). The molecule has 3 aromatic rings. The van der Waals surface area contributed by atoms with Crippen molar-refractivity contribution in [2.75, 3.05) is 25.6 Å². The molecule has 6 nitrogen and oxygen atoms in total. The molecule has 0 atom stereocenters. The highest BCUT2D eigenvalue weighted by Crippen LogP contribution is 2.37. The van der Waals surface area contributed by atoms with Crippen LogP contribution in [-0.2, 0) is 0 Å². The van der Waals surface area contributed by atoms with Gasteiger partial charge < -0.3 is 24.3 Å². The summed E-state index contributed by atoms with van der Waals surface area (Å²) < 4.78 is 22.3. The van der Waals surface area contributed by atoms with E-state index >= 15 is 0 Å². The molecule has 3 rings (SSSR count). The monoisotopic (exact) mass is 455 g/mol. The lowest BCUT2D eigenvalue weighted by Gasteiger charge is -2.15. The number of halogens is 1. The Balaban J connectivity index is 1.69. The highest BCUT2D eigenvalue weighted by molar-refractivity contribution is 6.32. The van der Waals surface area contributed by atoms with Crippen molar-refractivity contribution in [3.05, 3.63) is 71.2 Å². The molecule has 0 unspecified atom stereocenters. The van der Waals surface area contributed by atoms with Gasteiger partial charge in [0.2, 0.25) is 0 Å². The molecular formula is C25H26ClNO5. The number of hydrogen-bond acceptors (Lipinski definition) is 5. The smallest absolute Gasteiger partial charge is 0.255 e. The molecule has 0 bridgehead atoms. The fourth-order valence-electron chi connectivity index (χ4n) is 2.90. The minimum absolute atomic E-state index is 0.307. The van der Waals surface area contributed by atoms with Crippen LogP contribution in [-0.4, -0.2) is 26.2 Å². The first-order chi connectivity index (χ1) is 15.5. The Morgan fingerprint density at radius 2 is 1.53 bits per heavy atom. The van der Waals surface area contributed by atoms with Crippen molar-refractivity contribution in [1.29, 1.82) is 0 Å². The summed E-state index contributed by atoms with van der Waals surface area (Å²) in [5.41, 5.74) is 0.998. The predicted octanol–water partition coefficient (Wildman–Crippen LogP) is 6.58. The van der Waals surface area contributed by atoms with E-state index in [0.29, 0.717) is 52.5 Å². The van der Waals surface area contributed by atoms with Crippen LogP contribution in [0, 0.1) is 0 Å². The van der Waals surface area contributed by atoms with Crippen molar-refractivity contribution in [2.24, 2.45) is 0 Å². The second-order valence-electron chi connectivity index (χ2n) is 6.82. The van der Waals surface area contributed by atoms with Crippen LogP contribution in [0.3, 0.4) is 0 Å². The maximum absolute atomic E-state index is 12.8. The Labute approximate surface area is 193 Å². The van der Waals surface area contributed by atoms with Gasteiger partial charge in [0, 0.05) is 11.3 Å². The molecular weight excluding hydrogens is 430 g/mol. The van der Waals surface area contributed by atoms with E-state index in [1.54, 1.807) is 43.5 Å². The molecule has 1 N–H and O–H groups in total. The van der Waals surface area contributed by atoms with Crippen LogP contribution in [0.5, 0.6) is 28.7 Å². The zero-order valence-electron chi connectivity index (χ0n) is 18.3. The van der Waals surface area contributed by atoms with Gasteiger partial charge in [-0.05, 0) is 74.0 Å². The Hall–Kier alpha value is -3.38. The predicted molar refractivity (Wildman–Crippen MR) is 126 cm³/mol. The molecule has 0 saturated carbocycles. The molecule has 0 radical (unpaired) electrons. The molecule has 168 valence electrons. The van der Waals surface area contributed by atoms with Gasteiger partial charge in [0.05, 0.1) is 25.3 Å². The second kappa shape index (κ2) is 11.3. The van der Waals surface area contributed by atoms with Crippen LogP contribution in [0.25, 0.3) is 0 Å². The lowest BCUT2D eigenvalue weighted by molar-refractivity contribution is 0.102. The van der Waals surface area contributed by atoms with Crippen molar-refractivity contribution < 1.29 is 23.7 Å². The SMILES string of the molecule is CCCOc1c(Cl)cc(C(=O)Nc2ccc(Oc3ccc(OC)cc3)cc2)cc1OCC. The molecule has 0 aliphatic carbocycles. The molecule has 32 heavy (non-hydrogen) atoms. The first-order valence-corrected chi connectivity index (χ1v) is 10.7. The third-order valence-corrected chi connectivity index (χ3v) is 4.71. The second-order valence-corrected chi connectivity index (χ2v) is 7.23. The van der Waals surface area contributed by atoms with Gasteiger partial charge in [-0.2, -0.15) is 0 Å². The van der Waals surface area contributed by atoms with Crippen LogP contribution in [0.15, 0.2) is 60.7 Å². The number of benzene rings is 3. The Kier molecular flexibility index (Phi) is 8.22. The summed E-state index contributed by atoms with van der Waals surface area (Å²) in [6, 6.07) is 17.6. The summed E-state index contributed by atoms with van der Waals surface area (Å²) in [5.74, 6) is 2.68. The maximum atomic E-state index is 12.8. The van der Waals surface area contributed by atoms with Gasteiger partial charge in [0.15, 0.2) is 11.5 Å². The number of rotatable bonds is 10. The number of ether oxygens (including phenoxy) is 4. The third-order valence-electron chi connectivity index (χ3n) is 4.43. The van der Waals surface area contributed by atoms with Gasteiger partial charge in [-0.25, -0.2) is 0 Å². The van der Waals surface area contributed by atoms with Gasteiger partial charge in [-0.15, -0.1) is 0 Å². The molecule has 0 fully saturated rings. The minimum Gasteiger partial charge on any atom is -0.497 e. The van der Waals surface area contributed by atoms with E-state index in [1.807, 2.05) is 38.1 Å². The highest BCUT2D eigenvalue weighted by Gasteiger charge is 2.16. The molecule has 0 aliphatic heterocycles. The number of hydrogen-bond donors (Lipinski definition) is 1. The summed E-state index contributed by atoms with van der Waals surface area (Å²) in [4.78, 5) is 12.8. The molecule has 3 aromatic carbocycles. The molecule has 0 saturated heterocycles. The van der Waals surface area contributed by atoms with Crippen LogP contribution < -0.4 is 24.3 Å². The normalized spacial score (nSPS) is 10.4. The van der Waals surface area contributed by atoms with E-state index in [0.717, 1.165) is 12.2 Å². The van der Waals surface area contributed by atoms with Crippen molar-refractivity contribution in [1.82, 2.24) is 0 Å². The lowest BCUT2D eigenvalue weighted by Crippen LogP contribution is -2.12. The molecule has 1 amide bonds. The molecule has 0 spiro atoms. The number of carbonyl (C=O) groups excluding carboxylic acids is 1. The summed E-state index contributed by atoms with van der Waals surface area (Å²) in [6.07, 6.45) is 0.836. The van der Waals surface area contributed by atoms with E-state index in [9.17, 15) is 4.79 Å². The Morgan fingerprint density at radius 3 is 2.12 bits per heavy atom. The molecule has 0 aromatic heterocycles. The van der Waals surface area contributed by atoms with Crippen molar-refractivity contribution >= 4 is 23.2 Å². The maximum Gasteiger partial charge on any atom is 0.255 e. The number of amides is 1. The van der Waals surface area contributed by atoms with E-state index in [-0.39, 0.29) is 5.91 Å². The Morgan fingerprint density at radius 1 is 0.906 bits per heavy atom. The van der Waals surface area contributed by atoms with E-state index in [1.165, 1.54) is 0 Å². The van der Waals surface area contributed by atoms with Crippen LogP contribution >= 0.6 is 11.6 Å². The van der Waals surface area contributed by atoms with Gasteiger partial charge >= 0.3 is 0 Å². The number of methoxy groups -OCH3 is 1. The average molecular weight is 456 g/mol. The number of anilines is 1. The first-order valence-electron chi connectivity index (χ1n) is 10.4. The molecule has 0 heterocycles. The zero-order chi connectivity index (χ0) is 22.9. The fraction of sp³-hybridized carbons (Fsp3) is 0.240. The van der Waals surface area contributed by atoms with Gasteiger partial charge in [-0.1, -0.05) is 18.5 Å². The number of carbonyl (C=O) groups is 1. The molecule has 7 heteroatoms. The van der Waals surface area contributed by atoms with Crippen LogP contribution in [0.1, 0.15) is 30.6 Å². The zero-order valence-corrected chi connectivity index (χ0v) is 19.1. The van der Waals surface area contributed by atoms with Crippen molar-refractivity contribution in [3.8, 4) is 28.7 Å². The van der Waals surface area contributed by atoms with Gasteiger partial charge in [-0.3, -0.25) is 4.79 Å². The van der Waals surface area contributed by atoms with Crippen molar-refractivity contribution in [3.63, 3.8) is 0 Å². The summed E-state index contributed by atoms with van der Waals surface area (Å²) >= 11 is 6.36. The first kappa shape index (κ1) is 23.3. The van der Waals surface area contributed by atoms with E-state index < -0.39 is 0 Å². The topological polar surface area (TPSA) is 66.0 Å². The van der Waals surface area contributed by atoms with Crippen LogP contribution in [0.2, 0.25) is 5.02 Å². The van der Waals surface area contributed by atoms with E-state index in [4.69, 9.17) is 30.5 Å².